The first-order valence-corrected chi connectivity index (χ1v) is 8.60. The highest BCUT2D eigenvalue weighted by molar-refractivity contribution is 5.81. The highest BCUT2D eigenvalue weighted by atomic mass is 16.5. The van der Waals surface area contributed by atoms with Crippen LogP contribution in [0.2, 0.25) is 0 Å². The van der Waals surface area contributed by atoms with Gasteiger partial charge in [-0.3, -0.25) is 9.69 Å². The number of likely N-dealkylation sites (N-methyl/N-ethyl adjacent to an activating group) is 1. The Morgan fingerprint density at radius 1 is 1.36 bits per heavy atom. The summed E-state index contributed by atoms with van der Waals surface area (Å²) in [5.74, 6) is 2.43. The Bertz CT molecular complexity index is 377. The quantitative estimate of drug-likeness (QED) is 0.708. The average Bonchev–Trinajstić information content (AvgIpc) is 3.09. The zero-order valence-corrected chi connectivity index (χ0v) is 14.4. The average molecular weight is 312 g/mol. The predicted octanol–water partition coefficient (Wildman–Crippen LogP) is 1.25. The van der Waals surface area contributed by atoms with Gasteiger partial charge in [-0.15, -0.1) is 0 Å². The van der Waals surface area contributed by atoms with E-state index in [0.717, 1.165) is 11.8 Å². The molecule has 0 aromatic rings. The number of amides is 1. The molecule has 5 heteroatoms. The first-order chi connectivity index (χ1) is 10.4. The van der Waals surface area contributed by atoms with Crippen LogP contribution in [0.4, 0.5) is 0 Å². The Kier molecular flexibility index (Phi) is 6.24. The number of hydrogen-bond donors (Lipinski definition) is 2. The maximum Gasteiger partial charge on any atom is 0.237 e. The summed E-state index contributed by atoms with van der Waals surface area (Å²) in [5.41, 5.74) is 0. The molecule has 2 fully saturated rings. The van der Waals surface area contributed by atoms with Crippen LogP contribution < -0.4 is 5.32 Å². The second-order valence-electron chi connectivity index (χ2n) is 7.36. The van der Waals surface area contributed by atoms with E-state index in [9.17, 15) is 9.90 Å². The first-order valence-electron chi connectivity index (χ1n) is 8.60. The van der Waals surface area contributed by atoms with Gasteiger partial charge in [-0.2, -0.15) is 0 Å². The molecule has 0 aliphatic heterocycles. The number of ether oxygens (including phenoxy) is 1. The smallest absolute Gasteiger partial charge is 0.237 e. The second-order valence-corrected chi connectivity index (χ2v) is 7.36. The lowest BCUT2D eigenvalue weighted by Crippen LogP contribution is -2.50. The summed E-state index contributed by atoms with van der Waals surface area (Å²) in [6, 6.07) is 0.00935. The molecular formula is C17H32N2O3. The number of hydrogen-bond acceptors (Lipinski definition) is 4. The van der Waals surface area contributed by atoms with Gasteiger partial charge in [0.25, 0.3) is 0 Å². The molecule has 2 aliphatic rings. The van der Waals surface area contributed by atoms with Crippen molar-refractivity contribution in [2.75, 3.05) is 27.3 Å². The van der Waals surface area contributed by atoms with Crippen LogP contribution in [-0.4, -0.2) is 61.4 Å². The Morgan fingerprint density at radius 2 is 2.09 bits per heavy atom. The molecule has 2 aliphatic carbocycles. The zero-order chi connectivity index (χ0) is 16.3. The summed E-state index contributed by atoms with van der Waals surface area (Å²) in [6.45, 7) is 4.77. The fourth-order valence-electron chi connectivity index (χ4n) is 4.29. The fraction of sp³-hybridized carbons (Fsp3) is 0.941. The molecular weight excluding hydrogens is 280 g/mol. The molecule has 1 amide bonds. The minimum atomic E-state index is -0.562. The Morgan fingerprint density at radius 3 is 2.64 bits per heavy atom. The van der Waals surface area contributed by atoms with Crippen molar-refractivity contribution < 1.29 is 14.6 Å². The fourth-order valence-corrected chi connectivity index (χ4v) is 4.29. The lowest BCUT2D eigenvalue weighted by atomic mass is 9.84. The van der Waals surface area contributed by atoms with Crippen LogP contribution in [0.25, 0.3) is 0 Å². The third-order valence-corrected chi connectivity index (χ3v) is 5.70. The molecule has 2 N–H and O–H groups in total. The van der Waals surface area contributed by atoms with Crippen molar-refractivity contribution in [1.82, 2.24) is 10.2 Å². The van der Waals surface area contributed by atoms with Crippen molar-refractivity contribution in [1.29, 1.82) is 0 Å². The SMILES string of the molecule is COCC(O)CN(C)C(C)C(=O)NC(C)C1CC2CCC1C2. The van der Waals surface area contributed by atoms with Crippen molar-refractivity contribution >= 4 is 5.91 Å². The molecule has 6 unspecified atom stereocenters. The number of nitrogens with one attached hydrogen (secondary N) is 1. The van der Waals surface area contributed by atoms with Crippen LogP contribution in [0.3, 0.4) is 0 Å². The molecule has 22 heavy (non-hydrogen) atoms. The maximum atomic E-state index is 12.4. The summed E-state index contributed by atoms with van der Waals surface area (Å²) in [4.78, 5) is 14.3. The number of rotatable bonds is 8. The third kappa shape index (κ3) is 4.21. The molecule has 2 bridgehead atoms. The van der Waals surface area contributed by atoms with E-state index in [4.69, 9.17) is 4.74 Å². The van der Waals surface area contributed by atoms with Gasteiger partial charge < -0.3 is 15.2 Å². The van der Waals surface area contributed by atoms with Gasteiger partial charge in [0, 0.05) is 19.7 Å². The van der Waals surface area contributed by atoms with Gasteiger partial charge >= 0.3 is 0 Å². The standard InChI is InChI=1S/C17H32N2O3/c1-11(16-8-13-5-6-14(16)7-13)18-17(21)12(2)19(3)9-15(20)10-22-4/h11-16,20H,5-10H2,1-4H3,(H,18,21). The van der Waals surface area contributed by atoms with Crippen LogP contribution >= 0.6 is 0 Å². The highest BCUT2D eigenvalue weighted by Gasteiger charge is 2.42. The van der Waals surface area contributed by atoms with Gasteiger partial charge in [0.2, 0.25) is 5.91 Å². The summed E-state index contributed by atoms with van der Waals surface area (Å²) >= 11 is 0. The molecule has 0 spiro atoms. The maximum absolute atomic E-state index is 12.4. The molecule has 0 aromatic heterocycles. The molecule has 128 valence electrons. The molecule has 0 heterocycles. The highest BCUT2D eigenvalue weighted by Crippen LogP contribution is 2.49. The monoisotopic (exact) mass is 312 g/mol. The van der Waals surface area contributed by atoms with Crippen molar-refractivity contribution in [3.8, 4) is 0 Å². The van der Waals surface area contributed by atoms with E-state index in [1.165, 1.54) is 25.7 Å². The van der Waals surface area contributed by atoms with Gasteiger partial charge in [-0.1, -0.05) is 6.42 Å². The van der Waals surface area contributed by atoms with E-state index in [1.807, 2.05) is 18.9 Å². The number of aliphatic hydroxyl groups excluding tert-OH is 1. The van der Waals surface area contributed by atoms with Crippen LogP contribution in [0.5, 0.6) is 0 Å². The van der Waals surface area contributed by atoms with Crippen LogP contribution in [-0.2, 0) is 9.53 Å². The van der Waals surface area contributed by atoms with Crippen LogP contribution in [0, 0.1) is 17.8 Å². The molecule has 0 saturated heterocycles. The topological polar surface area (TPSA) is 61.8 Å². The number of carbonyl (C=O) groups is 1. The first kappa shape index (κ1) is 17.7. The van der Waals surface area contributed by atoms with Gasteiger partial charge in [-0.05, 0) is 57.9 Å². The van der Waals surface area contributed by atoms with E-state index < -0.39 is 6.10 Å². The van der Waals surface area contributed by atoms with E-state index >= 15 is 0 Å². The number of methoxy groups -OCH3 is 1. The van der Waals surface area contributed by atoms with E-state index in [1.54, 1.807) is 7.11 Å². The Balaban J connectivity index is 1.78. The molecule has 6 atom stereocenters. The summed E-state index contributed by atoms with van der Waals surface area (Å²) in [7, 11) is 3.43. The van der Waals surface area contributed by atoms with Crippen LogP contribution in [0.1, 0.15) is 39.5 Å². The molecule has 5 nitrogen and oxygen atoms in total. The Labute approximate surface area is 134 Å². The molecule has 2 saturated carbocycles. The van der Waals surface area contributed by atoms with Crippen molar-refractivity contribution in [3.05, 3.63) is 0 Å². The van der Waals surface area contributed by atoms with Crippen LogP contribution in [0.15, 0.2) is 0 Å². The normalized spacial score (nSPS) is 31.3. The molecule has 0 radical (unpaired) electrons. The number of aliphatic hydroxyl groups is 1. The van der Waals surface area contributed by atoms with Gasteiger partial charge in [0.05, 0.1) is 18.8 Å². The molecule has 2 rings (SSSR count). The minimum absolute atomic E-state index is 0.0578. The third-order valence-electron chi connectivity index (χ3n) is 5.70. The van der Waals surface area contributed by atoms with Gasteiger partial charge in [0.15, 0.2) is 0 Å². The van der Waals surface area contributed by atoms with Crippen molar-refractivity contribution in [3.63, 3.8) is 0 Å². The summed E-state index contributed by atoms with van der Waals surface area (Å²) in [6.07, 6.45) is 4.81. The van der Waals surface area contributed by atoms with Gasteiger partial charge in [-0.25, -0.2) is 0 Å². The van der Waals surface area contributed by atoms with Crippen molar-refractivity contribution in [2.24, 2.45) is 17.8 Å². The van der Waals surface area contributed by atoms with E-state index in [0.29, 0.717) is 19.1 Å². The van der Waals surface area contributed by atoms with Crippen molar-refractivity contribution in [2.45, 2.75) is 57.7 Å². The number of carbonyl (C=O) groups excluding carboxylic acids is 1. The lowest BCUT2D eigenvalue weighted by Gasteiger charge is -2.31. The Hall–Kier alpha value is -0.650. The largest absolute Gasteiger partial charge is 0.389 e. The summed E-state index contributed by atoms with van der Waals surface area (Å²) in [5, 5.41) is 13.0. The zero-order valence-electron chi connectivity index (χ0n) is 14.4. The number of nitrogens with zero attached hydrogens (tertiary/aromatic N) is 1. The van der Waals surface area contributed by atoms with E-state index in [-0.39, 0.29) is 18.0 Å². The summed E-state index contributed by atoms with van der Waals surface area (Å²) < 4.78 is 4.93. The lowest BCUT2D eigenvalue weighted by molar-refractivity contribution is -0.127. The number of fused-ring (bicyclic) bond motifs is 2. The second kappa shape index (κ2) is 7.75. The minimum Gasteiger partial charge on any atom is -0.389 e. The molecule has 0 aromatic carbocycles. The van der Waals surface area contributed by atoms with E-state index in [2.05, 4.69) is 12.2 Å². The predicted molar refractivity (Wildman–Crippen MR) is 86.5 cm³/mol. The van der Waals surface area contributed by atoms with Gasteiger partial charge in [0.1, 0.15) is 0 Å².